The molecular formula is C14H21BrN4O. The van der Waals surface area contributed by atoms with E-state index >= 15 is 0 Å². The molecule has 2 aliphatic rings. The van der Waals surface area contributed by atoms with E-state index in [1.165, 1.54) is 24.1 Å². The Morgan fingerprint density at radius 2 is 2.20 bits per heavy atom. The normalized spacial score (nSPS) is 26.2. The molecule has 2 unspecified atom stereocenters. The molecule has 1 aromatic rings. The quantitative estimate of drug-likeness (QED) is 0.916. The molecule has 0 bridgehead atoms. The van der Waals surface area contributed by atoms with Crippen LogP contribution in [0.4, 0.5) is 5.69 Å². The zero-order valence-corrected chi connectivity index (χ0v) is 13.6. The summed E-state index contributed by atoms with van der Waals surface area (Å²) in [7, 11) is 0. The Hall–Kier alpha value is -0.880. The van der Waals surface area contributed by atoms with Crippen LogP contribution in [0.1, 0.15) is 39.2 Å². The summed E-state index contributed by atoms with van der Waals surface area (Å²) < 4.78 is 2.10. The molecule has 0 radical (unpaired) electrons. The van der Waals surface area contributed by atoms with Gasteiger partial charge in [-0.3, -0.25) is 9.69 Å². The molecule has 2 atom stereocenters. The topological polar surface area (TPSA) is 50.2 Å². The van der Waals surface area contributed by atoms with E-state index in [4.69, 9.17) is 0 Å². The van der Waals surface area contributed by atoms with E-state index in [9.17, 15) is 4.79 Å². The van der Waals surface area contributed by atoms with Crippen molar-refractivity contribution in [2.45, 2.75) is 51.2 Å². The van der Waals surface area contributed by atoms with Crippen LogP contribution in [-0.2, 0) is 0 Å². The molecule has 0 aromatic carbocycles. The van der Waals surface area contributed by atoms with E-state index in [1.54, 1.807) is 6.20 Å². The molecule has 20 heavy (non-hydrogen) atoms. The molecular weight excluding hydrogens is 320 g/mol. The number of anilines is 1. The maximum absolute atomic E-state index is 12.2. The van der Waals surface area contributed by atoms with E-state index in [0.717, 1.165) is 18.7 Å². The van der Waals surface area contributed by atoms with Gasteiger partial charge in [0, 0.05) is 18.6 Å². The number of nitrogens with zero attached hydrogens (tertiary/aromatic N) is 3. The molecule has 3 heterocycles. The maximum atomic E-state index is 12.2. The third-order valence-corrected chi connectivity index (χ3v) is 5.15. The smallest absolute Gasteiger partial charge is 0.283 e. The highest BCUT2D eigenvalue weighted by molar-refractivity contribution is 9.10. The molecule has 2 fully saturated rings. The summed E-state index contributed by atoms with van der Waals surface area (Å²) in [6.07, 6.45) is 5.45. The Labute approximate surface area is 127 Å². The van der Waals surface area contributed by atoms with Crippen molar-refractivity contribution < 1.29 is 0 Å². The van der Waals surface area contributed by atoms with Crippen LogP contribution in [0.2, 0.25) is 0 Å². The molecule has 6 heteroatoms. The zero-order valence-electron chi connectivity index (χ0n) is 12.0. The van der Waals surface area contributed by atoms with Crippen molar-refractivity contribution in [2.24, 2.45) is 0 Å². The van der Waals surface area contributed by atoms with Crippen LogP contribution in [0.5, 0.6) is 0 Å². The summed E-state index contributed by atoms with van der Waals surface area (Å²) in [5, 5.41) is 7.79. The van der Waals surface area contributed by atoms with E-state index in [1.807, 2.05) is 13.8 Å². The minimum Gasteiger partial charge on any atom is -0.378 e. The monoisotopic (exact) mass is 340 g/mol. The molecule has 110 valence electrons. The molecule has 0 amide bonds. The lowest BCUT2D eigenvalue weighted by Crippen LogP contribution is -2.35. The molecule has 2 saturated heterocycles. The highest BCUT2D eigenvalue weighted by Gasteiger charge is 2.37. The highest BCUT2D eigenvalue weighted by Crippen LogP contribution is 2.31. The van der Waals surface area contributed by atoms with Gasteiger partial charge in [-0.25, -0.2) is 4.68 Å². The third kappa shape index (κ3) is 2.39. The average molecular weight is 341 g/mol. The van der Waals surface area contributed by atoms with Crippen molar-refractivity contribution in [3.05, 3.63) is 21.0 Å². The summed E-state index contributed by atoms with van der Waals surface area (Å²) in [4.78, 5) is 14.8. The van der Waals surface area contributed by atoms with Crippen LogP contribution in [0, 0.1) is 0 Å². The summed E-state index contributed by atoms with van der Waals surface area (Å²) in [5.74, 6) is 0. The van der Waals surface area contributed by atoms with Gasteiger partial charge in [0.1, 0.15) is 4.47 Å². The van der Waals surface area contributed by atoms with Gasteiger partial charge in [0.2, 0.25) is 0 Å². The molecule has 0 aliphatic carbocycles. The number of nitrogens with one attached hydrogen (secondary N) is 1. The summed E-state index contributed by atoms with van der Waals surface area (Å²) in [6.45, 7) is 6.30. The second-order valence-electron chi connectivity index (χ2n) is 6.00. The molecule has 3 rings (SSSR count). The highest BCUT2D eigenvalue weighted by atomic mass is 79.9. The largest absolute Gasteiger partial charge is 0.378 e. The predicted octanol–water partition coefficient (Wildman–Crippen LogP) is 2.24. The van der Waals surface area contributed by atoms with Crippen LogP contribution in [0.15, 0.2) is 15.5 Å². The number of halogens is 1. The van der Waals surface area contributed by atoms with E-state index in [2.05, 4.69) is 31.2 Å². The van der Waals surface area contributed by atoms with Crippen LogP contribution < -0.4 is 10.9 Å². The Kier molecular flexibility index (Phi) is 3.86. The lowest BCUT2D eigenvalue weighted by molar-refractivity contribution is 0.318. The fourth-order valence-corrected chi connectivity index (χ4v) is 3.76. The van der Waals surface area contributed by atoms with E-state index in [-0.39, 0.29) is 11.6 Å². The lowest BCUT2D eigenvalue weighted by Gasteiger charge is -2.23. The minimum absolute atomic E-state index is 0.0636. The van der Waals surface area contributed by atoms with Crippen molar-refractivity contribution in [1.82, 2.24) is 14.7 Å². The molecule has 0 saturated carbocycles. The maximum Gasteiger partial charge on any atom is 0.283 e. The molecule has 1 N–H and O–H groups in total. The summed E-state index contributed by atoms with van der Waals surface area (Å²) in [6, 6.07) is 1.13. The van der Waals surface area contributed by atoms with Gasteiger partial charge in [0.25, 0.3) is 5.56 Å². The van der Waals surface area contributed by atoms with Gasteiger partial charge in [0.05, 0.1) is 17.9 Å². The third-order valence-electron chi connectivity index (χ3n) is 4.38. The van der Waals surface area contributed by atoms with Gasteiger partial charge in [-0.2, -0.15) is 5.10 Å². The van der Waals surface area contributed by atoms with Crippen molar-refractivity contribution in [3.63, 3.8) is 0 Å². The first-order valence-corrected chi connectivity index (χ1v) is 8.15. The Morgan fingerprint density at radius 1 is 1.40 bits per heavy atom. The Morgan fingerprint density at radius 3 is 2.95 bits per heavy atom. The van der Waals surface area contributed by atoms with Gasteiger partial charge in [-0.1, -0.05) is 0 Å². The predicted molar refractivity (Wildman–Crippen MR) is 83.2 cm³/mol. The second kappa shape index (κ2) is 5.48. The standard InChI is InChI=1S/C14H21BrN4O/c1-9(2)19-14(20)13(15)11(8-16-19)17-10-5-7-18-6-3-4-12(10)18/h8-10,12,17H,3-7H2,1-2H3. The summed E-state index contributed by atoms with van der Waals surface area (Å²) >= 11 is 3.43. The SMILES string of the molecule is CC(C)n1ncc(NC2CCN3CCCC23)c(Br)c1=O. The molecule has 5 nitrogen and oxygen atoms in total. The van der Waals surface area contributed by atoms with Gasteiger partial charge in [-0.15, -0.1) is 0 Å². The number of fused-ring (bicyclic) bond motifs is 1. The Bertz CT molecular complexity index is 557. The van der Waals surface area contributed by atoms with Crippen LogP contribution in [0.3, 0.4) is 0 Å². The van der Waals surface area contributed by atoms with Crippen molar-refractivity contribution >= 4 is 21.6 Å². The van der Waals surface area contributed by atoms with Gasteiger partial charge >= 0.3 is 0 Å². The van der Waals surface area contributed by atoms with Crippen molar-refractivity contribution in [3.8, 4) is 0 Å². The first-order chi connectivity index (χ1) is 9.58. The van der Waals surface area contributed by atoms with Crippen molar-refractivity contribution in [2.75, 3.05) is 18.4 Å². The lowest BCUT2D eigenvalue weighted by atomic mass is 10.1. The number of aromatic nitrogens is 2. The Balaban J connectivity index is 1.81. The van der Waals surface area contributed by atoms with Gasteiger partial charge < -0.3 is 5.32 Å². The molecule has 1 aromatic heterocycles. The number of rotatable bonds is 3. The van der Waals surface area contributed by atoms with Gasteiger partial charge in [-0.05, 0) is 55.6 Å². The van der Waals surface area contributed by atoms with Crippen LogP contribution >= 0.6 is 15.9 Å². The minimum atomic E-state index is -0.0636. The zero-order chi connectivity index (χ0) is 14.3. The number of hydrogen-bond acceptors (Lipinski definition) is 4. The average Bonchev–Trinajstić information content (AvgIpc) is 2.99. The van der Waals surface area contributed by atoms with Gasteiger partial charge in [0.15, 0.2) is 0 Å². The van der Waals surface area contributed by atoms with Crippen LogP contribution in [-0.4, -0.2) is 39.9 Å². The molecule has 2 aliphatic heterocycles. The fourth-order valence-electron chi connectivity index (χ4n) is 3.36. The second-order valence-corrected chi connectivity index (χ2v) is 6.79. The first-order valence-electron chi connectivity index (χ1n) is 7.36. The van der Waals surface area contributed by atoms with E-state index in [0.29, 0.717) is 16.6 Å². The fraction of sp³-hybridized carbons (Fsp3) is 0.714. The molecule has 0 spiro atoms. The summed E-state index contributed by atoms with van der Waals surface area (Å²) in [5.41, 5.74) is 0.761. The van der Waals surface area contributed by atoms with Crippen LogP contribution in [0.25, 0.3) is 0 Å². The van der Waals surface area contributed by atoms with Crippen molar-refractivity contribution in [1.29, 1.82) is 0 Å². The number of hydrogen-bond donors (Lipinski definition) is 1. The first kappa shape index (κ1) is 14.1. The van der Waals surface area contributed by atoms with E-state index < -0.39 is 0 Å².